The summed E-state index contributed by atoms with van der Waals surface area (Å²) in [5.41, 5.74) is 9.23. The first-order chi connectivity index (χ1) is 18.4. The molecule has 0 saturated heterocycles. The zero-order chi connectivity index (χ0) is 28.3. The third kappa shape index (κ3) is 7.09. The van der Waals surface area contributed by atoms with Gasteiger partial charge in [0.15, 0.2) is 0 Å². The molecule has 3 N–H and O–H groups in total. The largest absolute Gasteiger partial charge is 0.447 e. The van der Waals surface area contributed by atoms with Gasteiger partial charge in [0.25, 0.3) is 5.91 Å². The number of fused-ring (bicyclic) bond motifs is 1. The average molecular weight is 547 g/mol. The van der Waals surface area contributed by atoms with Gasteiger partial charge in [0.1, 0.15) is 6.61 Å². The molecule has 2 atom stereocenters. The van der Waals surface area contributed by atoms with Gasteiger partial charge in [0, 0.05) is 19.3 Å². The van der Waals surface area contributed by atoms with Crippen molar-refractivity contribution < 1.29 is 27.5 Å². The Morgan fingerprint density at radius 2 is 1.82 bits per heavy atom. The first-order valence-corrected chi connectivity index (χ1v) is 13.5. The van der Waals surface area contributed by atoms with Crippen molar-refractivity contribution in [3.8, 4) is 0 Å². The maximum absolute atomic E-state index is 13.2. The summed E-state index contributed by atoms with van der Waals surface area (Å²) in [5.74, 6) is -1.08. The maximum atomic E-state index is 13.2. The summed E-state index contributed by atoms with van der Waals surface area (Å²) in [7, 11) is 0. The smallest absolute Gasteiger partial charge is 0.404 e. The molecule has 2 heterocycles. The summed E-state index contributed by atoms with van der Waals surface area (Å²) in [4.78, 5) is 31.4. The Balaban J connectivity index is 1.46. The van der Waals surface area contributed by atoms with Crippen LogP contribution < -0.4 is 11.1 Å². The molecule has 10 heteroatoms. The minimum absolute atomic E-state index is 0.0433. The Labute approximate surface area is 227 Å². The molecular formula is C29H37F3N4O3. The second kappa shape index (κ2) is 11.9. The zero-order valence-corrected chi connectivity index (χ0v) is 22.6. The monoisotopic (exact) mass is 546 g/mol. The molecular weight excluding hydrogens is 509 g/mol. The summed E-state index contributed by atoms with van der Waals surface area (Å²) in [6.07, 6.45) is -1.97. The number of hydrogen-bond acceptors (Lipinski definition) is 5. The molecule has 212 valence electrons. The van der Waals surface area contributed by atoms with Crippen LogP contribution in [0.25, 0.3) is 0 Å². The highest BCUT2D eigenvalue weighted by molar-refractivity contribution is 5.94. The van der Waals surface area contributed by atoms with Crippen LogP contribution in [0.5, 0.6) is 0 Å². The SMILES string of the molecule is Cc1ccc([C@H](COC(N)=O)NC(=O)c2cnc3c(c2)CN(C[C@H]2CC[C@H](C(F)(F)F)CC2)[C@H]3C(C)C)cc1. The third-order valence-electron chi connectivity index (χ3n) is 7.92. The van der Waals surface area contributed by atoms with Crippen LogP contribution in [-0.4, -0.2) is 41.2 Å². The molecule has 0 unspecified atom stereocenters. The van der Waals surface area contributed by atoms with Crippen LogP contribution in [0.3, 0.4) is 0 Å². The van der Waals surface area contributed by atoms with Crippen molar-refractivity contribution in [2.75, 3.05) is 13.2 Å². The van der Waals surface area contributed by atoms with Crippen LogP contribution in [0.4, 0.5) is 18.0 Å². The van der Waals surface area contributed by atoms with Gasteiger partial charge in [0.2, 0.25) is 0 Å². The standard InChI is InChI=1S/C29H37F3N4O3/c1-17(2)26-25-22(15-36(26)14-19-6-10-23(11-7-19)29(30,31)32)12-21(13-34-25)27(37)35-24(16-39-28(33)38)20-8-4-18(3)5-9-20/h4-5,8-9,12-13,17,19,23-24,26H,6-7,10-11,14-16H2,1-3H3,(H2,33,38)(H,35,37)/t19-,23-,24-,26-/m0/s1. The predicted octanol–water partition coefficient (Wildman–Crippen LogP) is 5.84. The number of benzene rings is 1. The van der Waals surface area contributed by atoms with E-state index in [-0.39, 0.29) is 43.2 Å². The van der Waals surface area contributed by atoms with E-state index in [9.17, 15) is 22.8 Å². The number of hydrogen-bond donors (Lipinski definition) is 2. The van der Waals surface area contributed by atoms with E-state index in [1.54, 1.807) is 6.20 Å². The number of primary amides is 1. The van der Waals surface area contributed by atoms with Gasteiger partial charge in [0.05, 0.1) is 29.3 Å². The first-order valence-electron chi connectivity index (χ1n) is 13.5. The maximum Gasteiger partial charge on any atom is 0.404 e. The molecule has 1 aliphatic heterocycles. The third-order valence-corrected chi connectivity index (χ3v) is 7.92. The molecule has 1 saturated carbocycles. The Morgan fingerprint density at radius 1 is 1.15 bits per heavy atom. The molecule has 0 bridgehead atoms. The summed E-state index contributed by atoms with van der Waals surface area (Å²) in [6, 6.07) is 8.83. The number of halogens is 3. The second-order valence-corrected chi connectivity index (χ2v) is 11.2. The molecule has 0 spiro atoms. The van der Waals surface area contributed by atoms with E-state index < -0.39 is 24.2 Å². The molecule has 39 heavy (non-hydrogen) atoms. The average Bonchev–Trinajstić information content (AvgIpc) is 3.24. The number of rotatable bonds is 8. The fourth-order valence-electron chi connectivity index (χ4n) is 5.87. The van der Waals surface area contributed by atoms with Crippen LogP contribution in [0.1, 0.15) is 84.4 Å². The molecule has 1 aliphatic carbocycles. The Morgan fingerprint density at radius 3 is 2.41 bits per heavy atom. The highest BCUT2D eigenvalue weighted by Crippen LogP contribution is 2.43. The van der Waals surface area contributed by atoms with Gasteiger partial charge in [-0.3, -0.25) is 14.7 Å². The van der Waals surface area contributed by atoms with Crippen LogP contribution >= 0.6 is 0 Å². The number of nitrogens with two attached hydrogens (primary N) is 1. The normalized spacial score (nSPS) is 22.4. The molecule has 1 fully saturated rings. The molecule has 1 aromatic carbocycles. The first kappa shape index (κ1) is 28.9. The lowest BCUT2D eigenvalue weighted by molar-refractivity contribution is -0.184. The van der Waals surface area contributed by atoms with Crippen molar-refractivity contribution in [3.63, 3.8) is 0 Å². The summed E-state index contributed by atoms with van der Waals surface area (Å²) >= 11 is 0. The van der Waals surface area contributed by atoms with E-state index in [0.717, 1.165) is 22.4 Å². The fourth-order valence-corrected chi connectivity index (χ4v) is 5.87. The van der Waals surface area contributed by atoms with Gasteiger partial charge in [-0.25, -0.2) is 4.79 Å². The minimum Gasteiger partial charge on any atom is -0.447 e. The lowest BCUT2D eigenvalue weighted by atomic mass is 9.81. The van der Waals surface area contributed by atoms with Crippen molar-refractivity contribution in [1.29, 1.82) is 0 Å². The fraction of sp³-hybridized carbons (Fsp3) is 0.552. The molecule has 7 nitrogen and oxygen atoms in total. The van der Waals surface area contributed by atoms with Gasteiger partial charge in [-0.2, -0.15) is 13.2 Å². The van der Waals surface area contributed by atoms with Crippen LogP contribution in [-0.2, 0) is 11.3 Å². The minimum atomic E-state index is -4.11. The number of ether oxygens (including phenoxy) is 1. The highest BCUT2D eigenvalue weighted by atomic mass is 19.4. The van der Waals surface area contributed by atoms with E-state index >= 15 is 0 Å². The number of aryl methyl sites for hydroxylation is 1. The van der Waals surface area contributed by atoms with Gasteiger partial charge in [-0.1, -0.05) is 43.7 Å². The summed E-state index contributed by atoms with van der Waals surface area (Å²) < 4.78 is 44.3. The lowest BCUT2D eigenvalue weighted by Gasteiger charge is -2.35. The van der Waals surface area contributed by atoms with Gasteiger partial charge in [-0.05, 0) is 61.6 Å². The van der Waals surface area contributed by atoms with Gasteiger partial charge < -0.3 is 15.8 Å². The van der Waals surface area contributed by atoms with Crippen LogP contribution in [0, 0.1) is 24.7 Å². The van der Waals surface area contributed by atoms with Crippen molar-refractivity contribution in [3.05, 3.63) is 64.5 Å². The van der Waals surface area contributed by atoms with Crippen molar-refractivity contribution in [2.24, 2.45) is 23.5 Å². The molecule has 4 rings (SSSR count). The number of alkyl halides is 3. The number of amides is 2. The number of nitrogens with zero attached hydrogens (tertiary/aromatic N) is 2. The topological polar surface area (TPSA) is 97.5 Å². The molecule has 2 amide bonds. The number of carbonyl (C=O) groups excluding carboxylic acids is 2. The number of pyridine rings is 1. The second-order valence-electron chi connectivity index (χ2n) is 11.2. The molecule has 2 aliphatic rings. The van der Waals surface area contributed by atoms with E-state index in [1.165, 1.54) is 0 Å². The van der Waals surface area contributed by atoms with Crippen LogP contribution in [0.15, 0.2) is 36.5 Å². The van der Waals surface area contributed by atoms with E-state index in [0.29, 0.717) is 31.5 Å². The Kier molecular flexibility index (Phi) is 8.83. The van der Waals surface area contributed by atoms with E-state index in [2.05, 4.69) is 29.0 Å². The lowest BCUT2D eigenvalue weighted by Crippen LogP contribution is -2.35. The zero-order valence-electron chi connectivity index (χ0n) is 22.6. The van der Waals surface area contributed by atoms with Gasteiger partial charge >= 0.3 is 12.3 Å². The molecule has 2 aromatic rings. The van der Waals surface area contributed by atoms with E-state index in [1.807, 2.05) is 37.3 Å². The highest BCUT2D eigenvalue weighted by Gasteiger charge is 2.42. The van der Waals surface area contributed by atoms with Crippen molar-refractivity contribution in [1.82, 2.24) is 15.2 Å². The summed E-state index contributed by atoms with van der Waals surface area (Å²) in [6.45, 7) is 7.38. The quantitative estimate of drug-likeness (QED) is 0.434. The van der Waals surface area contributed by atoms with Gasteiger partial charge in [-0.15, -0.1) is 0 Å². The molecule has 0 radical (unpaired) electrons. The number of aromatic nitrogens is 1. The Bertz CT molecular complexity index is 1160. The number of nitrogens with one attached hydrogen (secondary N) is 1. The number of carbonyl (C=O) groups is 2. The predicted molar refractivity (Wildman–Crippen MR) is 141 cm³/mol. The van der Waals surface area contributed by atoms with Crippen molar-refractivity contribution >= 4 is 12.0 Å². The Hall–Kier alpha value is -3.14. The van der Waals surface area contributed by atoms with Crippen LogP contribution in [0.2, 0.25) is 0 Å². The van der Waals surface area contributed by atoms with Crippen molar-refractivity contribution in [2.45, 2.75) is 71.3 Å². The molecule has 1 aromatic heterocycles. The van der Waals surface area contributed by atoms with E-state index in [4.69, 9.17) is 10.5 Å². The summed E-state index contributed by atoms with van der Waals surface area (Å²) in [5, 5.41) is 2.93.